The van der Waals surface area contributed by atoms with Crippen LogP contribution < -0.4 is 10.5 Å². The van der Waals surface area contributed by atoms with E-state index in [0.29, 0.717) is 16.3 Å². The average Bonchev–Trinajstić information content (AvgIpc) is 2.18. The van der Waals surface area contributed by atoms with Crippen molar-refractivity contribution < 1.29 is 13.5 Å². The second-order valence-corrected chi connectivity index (χ2v) is 3.54. The Morgan fingerprint density at radius 1 is 1.47 bits per heavy atom. The van der Waals surface area contributed by atoms with Crippen molar-refractivity contribution in [1.29, 1.82) is 0 Å². The Balaban J connectivity index is 2.89. The molecule has 0 bridgehead atoms. The van der Waals surface area contributed by atoms with Gasteiger partial charge in [0.25, 0.3) is 6.43 Å². The standard InChI is InChI=1S/C10H12ClF2NO/c1-15-9-6(3-2-4-7(9)11)5-8(14)10(12)13/h2-4,8,10H,5,14H2,1H3. The van der Waals surface area contributed by atoms with E-state index < -0.39 is 12.5 Å². The molecule has 0 aromatic heterocycles. The summed E-state index contributed by atoms with van der Waals surface area (Å²) in [6.45, 7) is 0. The first-order valence-electron chi connectivity index (χ1n) is 4.41. The summed E-state index contributed by atoms with van der Waals surface area (Å²) in [6.07, 6.45) is -2.50. The molecule has 84 valence electrons. The Hall–Kier alpha value is -0.870. The van der Waals surface area contributed by atoms with Crippen molar-refractivity contribution >= 4 is 11.6 Å². The fourth-order valence-corrected chi connectivity index (χ4v) is 1.56. The van der Waals surface area contributed by atoms with E-state index in [1.165, 1.54) is 7.11 Å². The summed E-state index contributed by atoms with van der Waals surface area (Å²) in [5.41, 5.74) is 5.87. The smallest absolute Gasteiger partial charge is 0.253 e. The summed E-state index contributed by atoms with van der Waals surface area (Å²) in [6, 6.07) is 3.79. The van der Waals surface area contributed by atoms with E-state index in [1.54, 1.807) is 18.2 Å². The number of alkyl halides is 2. The van der Waals surface area contributed by atoms with Crippen molar-refractivity contribution in [2.45, 2.75) is 18.9 Å². The second-order valence-electron chi connectivity index (χ2n) is 3.13. The first-order chi connectivity index (χ1) is 7.06. The van der Waals surface area contributed by atoms with Crippen LogP contribution in [-0.2, 0) is 6.42 Å². The Kier molecular flexibility index (Phi) is 4.29. The SMILES string of the molecule is COc1c(Cl)cccc1CC(N)C(F)F. The minimum absolute atomic E-state index is 0.0431. The number of halogens is 3. The summed E-state index contributed by atoms with van der Waals surface area (Å²) in [5, 5.41) is 0.400. The van der Waals surface area contributed by atoms with Gasteiger partial charge < -0.3 is 10.5 Å². The quantitative estimate of drug-likeness (QED) is 0.870. The van der Waals surface area contributed by atoms with Gasteiger partial charge in [0.2, 0.25) is 0 Å². The molecule has 0 heterocycles. The molecule has 0 aliphatic rings. The molecule has 0 radical (unpaired) electrons. The van der Waals surface area contributed by atoms with Crippen molar-refractivity contribution in [1.82, 2.24) is 0 Å². The molecule has 0 aliphatic heterocycles. The van der Waals surface area contributed by atoms with Crippen molar-refractivity contribution in [3.05, 3.63) is 28.8 Å². The highest BCUT2D eigenvalue weighted by Crippen LogP contribution is 2.29. The van der Waals surface area contributed by atoms with E-state index in [1.807, 2.05) is 0 Å². The van der Waals surface area contributed by atoms with Crippen molar-refractivity contribution in [3.63, 3.8) is 0 Å². The van der Waals surface area contributed by atoms with Crippen LogP contribution in [0.3, 0.4) is 0 Å². The van der Waals surface area contributed by atoms with Crippen LogP contribution in [0.4, 0.5) is 8.78 Å². The monoisotopic (exact) mass is 235 g/mol. The van der Waals surface area contributed by atoms with Gasteiger partial charge in [-0.3, -0.25) is 0 Å². The number of rotatable bonds is 4. The highest BCUT2D eigenvalue weighted by Gasteiger charge is 2.18. The molecule has 1 unspecified atom stereocenters. The molecule has 15 heavy (non-hydrogen) atoms. The van der Waals surface area contributed by atoms with Crippen molar-refractivity contribution in [2.24, 2.45) is 5.73 Å². The third-order valence-electron chi connectivity index (χ3n) is 2.03. The predicted octanol–water partition coefficient (Wildman–Crippen LogP) is 2.48. The van der Waals surface area contributed by atoms with Crippen LogP contribution in [0.15, 0.2) is 18.2 Å². The molecule has 0 amide bonds. The maximum absolute atomic E-state index is 12.3. The number of hydrogen-bond donors (Lipinski definition) is 1. The van der Waals surface area contributed by atoms with Crippen molar-refractivity contribution in [3.8, 4) is 5.75 Å². The van der Waals surface area contributed by atoms with Crippen molar-refractivity contribution in [2.75, 3.05) is 7.11 Å². The molecule has 0 fully saturated rings. The van der Waals surface area contributed by atoms with Crippen LogP contribution in [0.5, 0.6) is 5.75 Å². The number of para-hydroxylation sites is 1. The molecule has 2 N–H and O–H groups in total. The topological polar surface area (TPSA) is 35.2 Å². The van der Waals surface area contributed by atoms with Gasteiger partial charge in [0.1, 0.15) is 5.75 Å². The Morgan fingerprint density at radius 2 is 2.13 bits per heavy atom. The van der Waals surface area contributed by atoms with E-state index in [-0.39, 0.29) is 6.42 Å². The van der Waals surface area contributed by atoms with Gasteiger partial charge in [0.15, 0.2) is 0 Å². The highest BCUT2D eigenvalue weighted by molar-refractivity contribution is 6.32. The minimum Gasteiger partial charge on any atom is -0.495 e. The molecule has 5 heteroatoms. The first-order valence-corrected chi connectivity index (χ1v) is 4.79. The van der Waals surface area contributed by atoms with Crippen LogP contribution in [0.25, 0.3) is 0 Å². The second kappa shape index (κ2) is 5.28. The molecule has 0 spiro atoms. The zero-order valence-corrected chi connectivity index (χ0v) is 8.97. The number of benzene rings is 1. The largest absolute Gasteiger partial charge is 0.495 e. The summed E-state index contributed by atoms with van der Waals surface area (Å²) in [5.74, 6) is 0.412. The minimum atomic E-state index is -2.55. The van der Waals surface area contributed by atoms with Gasteiger partial charge in [0.05, 0.1) is 18.2 Å². The van der Waals surface area contributed by atoms with E-state index in [0.717, 1.165) is 0 Å². The number of ether oxygens (including phenoxy) is 1. The zero-order chi connectivity index (χ0) is 11.4. The summed E-state index contributed by atoms with van der Waals surface area (Å²) < 4.78 is 29.5. The lowest BCUT2D eigenvalue weighted by Gasteiger charge is -2.14. The lowest BCUT2D eigenvalue weighted by Crippen LogP contribution is -2.31. The van der Waals surface area contributed by atoms with Crippen LogP contribution >= 0.6 is 11.6 Å². The van der Waals surface area contributed by atoms with Gasteiger partial charge in [-0.1, -0.05) is 23.7 Å². The van der Waals surface area contributed by atoms with Crippen LogP contribution in [0.1, 0.15) is 5.56 Å². The predicted molar refractivity (Wildman–Crippen MR) is 55.7 cm³/mol. The van der Waals surface area contributed by atoms with Crippen LogP contribution in [0.2, 0.25) is 5.02 Å². The third-order valence-corrected chi connectivity index (χ3v) is 2.33. The molecular weight excluding hydrogens is 224 g/mol. The summed E-state index contributed by atoms with van der Waals surface area (Å²) in [4.78, 5) is 0. The maximum Gasteiger partial charge on any atom is 0.253 e. The van der Waals surface area contributed by atoms with Gasteiger partial charge in [-0.15, -0.1) is 0 Å². The van der Waals surface area contributed by atoms with E-state index in [4.69, 9.17) is 22.1 Å². The van der Waals surface area contributed by atoms with Gasteiger partial charge in [-0.05, 0) is 18.1 Å². The third kappa shape index (κ3) is 3.04. The van der Waals surface area contributed by atoms with Gasteiger partial charge in [-0.2, -0.15) is 0 Å². The van der Waals surface area contributed by atoms with Gasteiger partial charge >= 0.3 is 0 Å². The summed E-state index contributed by atoms with van der Waals surface area (Å²) >= 11 is 5.84. The molecule has 1 aromatic rings. The molecule has 0 saturated carbocycles. The fourth-order valence-electron chi connectivity index (χ4n) is 1.29. The number of hydrogen-bond acceptors (Lipinski definition) is 2. The van der Waals surface area contributed by atoms with E-state index >= 15 is 0 Å². The first kappa shape index (κ1) is 12.2. The maximum atomic E-state index is 12.3. The average molecular weight is 236 g/mol. The van der Waals surface area contributed by atoms with E-state index in [2.05, 4.69) is 0 Å². The lowest BCUT2D eigenvalue weighted by molar-refractivity contribution is 0.115. The van der Waals surface area contributed by atoms with Crippen LogP contribution in [0, 0.1) is 0 Å². The van der Waals surface area contributed by atoms with Gasteiger partial charge in [0, 0.05) is 0 Å². The highest BCUT2D eigenvalue weighted by atomic mass is 35.5. The molecule has 2 nitrogen and oxygen atoms in total. The zero-order valence-electron chi connectivity index (χ0n) is 8.21. The normalized spacial score (nSPS) is 12.9. The van der Waals surface area contributed by atoms with Crippen LogP contribution in [-0.4, -0.2) is 19.6 Å². The number of nitrogens with two attached hydrogens (primary N) is 1. The molecule has 1 rings (SSSR count). The fraction of sp³-hybridized carbons (Fsp3) is 0.400. The Morgan fingerprint density at radius 3 is 2.67 bits per heavy atom. The van der Waals surface area contributed by atoms with Gasteiger partial charge in [-0.25, -0.2) is 8.78 Å². The molecule has 1 atom stereocenters. The molecule has 0 aliphatic carbocycles. The molecule has 0 saturated heterocycles. The Bertz CT molecular complexity index is 333. The lowest BCUT2D eigenvalue weighted by atomic mass is 10.1. The Labute approximate surface area is 92.0 Å². The summed E-state index contributed by atoms with van der Waals surface area (Å²) in [7, 11) is 1.44. The molecule has 1 aromatic carbocycles. The van der Waals surface area contributed by atoms with E-state index in [9.17, 15) is 8.78 Å². The molecular formula is C10H12ClF2NO. The number of methoxy groups -OCH3 is 1.